The van der Waals surface area contributed by atoms with Crippen molar-refractivity contribution in [3.8, 4) is 0 Å². The summed E-state index contributed by atoms with van der Waals surface area (Å²) >= 11 is 1.66. The first-order chi connectivity index (χ1) is 7.95. The summed E-state index contributed by atoms with van der Waals surface area (Å²) in [5.41, 5.74) is 0. The minimum Gasteiger partial charge on any atom is -0.382 e. The Bertz CT molecular complexity index is 204. The maximum Gasteiger partial charge on any atom is 0.230 e. The number of carbonyl (C=O) groups excluding carboxylic acids is 1. The van der Waals surface area contributed by atoms with Gasteiger partial charge in [-0.05, 0) is 6.42 Å². The molecule has 0 radical (unpaired) electrons. The van der Waals surface area contributed by atoms with Gasteiger partial charge in [0.1, 0.15) is 0 Å². The SMILES string of the molecule is COCCOCCCNC(=O)CSC(C)(C)C. The molecule has 0 bridgehead atoms. The van der Waals surface area contributed by atoms with Crippen LogP contribution in [0.5, 0.6) is 0 Å². The number of carbonyl (C=O) groups is 1. The van der Waals surface area contributed by atoms with E-state index >= 15 is 0 Å². The van der Waals surface area contributed by atoms with Crippen molar-refractivity contribution in [2.24, 2.45) is 0 Å². The number of amides is 1. The van der Waals surface area contributed by atoms with Crippen molar-refractivity contribution in [2.45, 2.75) is 31.9 Å². The third-order valence-electron chi connectivity index (χ3n) is 1.86. The smallest absolute Gasteiger partial charge is 0.230 e. The van der Waals surface area contributed by atoms with E-state index in [1.54, 1.807) is 18.9 Å². The minimum absolute atomic E-state index is 0.0989. The average Bonchev–Trinajstić information content (AvgIpc) is 2.24. The van der Waals surface area contributed by atoms with Gasteiger partial charge in [0.05, 0.1) is 19.0 Å². The molecule has 0 aliphatic carbocycles. The van der Waals surface area contributed by atoms with Crippen LogP contribution in [-0.2, 0) is 14.3 Å². The molecule has 0 aliphatic rings. The minimum atomic E-state index is 0.0989. The summed E-state index contributed by atoms with van der Waals surface area (Å²) in [5, 5.41) is 2.88. The summed E-state index contributed by atoms with van der Waals surface area (Å²) in [6.45, 7) is 8.89. The summed E-state index contributed by atoms with van der Waals surface area (Å²) in [5.74, 6) is 0.621. The monoisotopic (exact) mass is 263 g/mol. The quantitative estimate of drug-likeness (QED) is 0.643. The molecule has 1 N–H and O–H groups in total. The van der Waals surface area contributed by atoms with E-state index in [-0.39, 0.29) is 10.7 Å². The van der Waals surface area contributed by atoms with E-state index in [2.05, 4.69) is 26.1 Å². The van der Waals surface area contributed by atoms with Gasteiger partial charge in [-0.2, -0.15) is 0 Å². The Balaban J connectivity index is 3.28. The van der Waals surface area contributed by atoms with Crippen LogP contribution in [0.3, 0.4) is 0 Å². The van der Waals surface area contributed by atoms with Crippen LogP contribution in [0, 0.1) is 0 Å². The summed E-state index contributed by atoms with van der Waals surface area (Å²) in [7, 11) is 1.65. The van der Waals surface area contributed by atoms with E-state index in [4.69, 9.17) is 9.47 Å². The van der Waals surface area contributed by atoms with Gasteiger partial charge in [0, 0.05) is 25.0 Å². The molecule has 5 heteroatoms. The molecule has 17 heavy (non-hydrogen) atoms. The lowest BCUT2D eigenvalue weighted by molar-refractivity contribution is -0.118. The van der Waals surface area contributed by atoms with Gasteiger partial charge in [-0.1, -0.05) is 20.8 Å². The molecule has 0 aromatic carbocycles. The second-order valence-corrected chi connectivity index (χ2v) is 6.51. The van der Waals surface area contributed by atoms with Crippen LogP contribution in [0.15, 0.2) is 0 Å². The molecule has 0 aliphatic heterocycles. The molecule has 0 spiro atoms. The summed E-state index contributed by atoms with van der Waals surface area (Å²) in [4.78, 5) is 11.4. The van der Waals surface area contributed by atoms with Crippen LogP contribution in [0.25, 0.3) is 0 Å². The summed E-state index contributed by atoms with van der Waals surface area (Å²) in [6.07, 6.45) is 0.843. The van der Waals surface area contributed by atoms with Gasteiger partial charge >= 0.3 is 0 Å². The highest BCUT2D eigenvalue weighted by molar-refractivity contribution is 8.01. The lowest BCUT2D eigenvalue weighted by Crippen LogP contribution is -2.28. The zero-order chi connectivity index (χ0) is 13.1. The zero-order valence-electron chi connectivity index (χ0n) is 11.4. The van der Waals surface area contributed by atoms with E-state index in [1.165, 1.54) is 0 Å². The topological polar surface area (TPSA) is 47.6 Å². The molecule has 4 nitrogen and oxygen atoms in total. The van der Waals surface area contributed by atoms with Crippen molar-refractivity contribution in [1.82, 2.24) is 5.32 Å². The lowest BCUT2D eigenvalue weighted by Gasteiger charge is -2.16. The molecule has 0 atom stereocenters. The fourth-order valence-corrected chi connectivity index (χ4v) is 1.65. The fourth-order valence-electron chi connectivity index (χ4n) is 0.979. The van der Waals surface area contributed by atoms with Crippen molar-refractivity contribution in [3.05, 3.63) is 0 Å². The number of ether oxygens (including phenoxy) is 2. The number of thioether (sulfide) groups is 1. The molecule has 1 amide bonds. The predicted molar refractivity (Wildman–Crippen MR) is 72.5 cm³/mol. The van der Waals surface area contributed by atoms with Crippen molar-refractivity contribution >= 4 is 17.7 Å². The second kappa shape index (κ2) is 9.74. The van der Waals surface area contributed by atoms with Crippen LogP contribution >= 0.6 is 11.8 Å². The first-order valence-corrected chi connectivity index (χ1v) is 6.91. The van der Waals surface area contributed by atoms with Gasteiger partial charge in [0.15, 0.2) is 0 Å². The van der Waals surface area contributed by atoms with Crippen molar-refractivity contribution in [3.63, 3.8) is 0 Å². The summed E-state index contributed by atoms with van der Waals surface area (Å²) in [6, 6.07) is 0. The molecule has 0 heterocycles. The highest BCUT2D eigenvalue weighted by atomic mass is 32.2. The standard InChI is InChI=1S/C12H25NO3S/c1-12(2,3)17-10-11(14)13-6-5-7-16-9-8-15-4/h5-10H2,1-4H3,(H,13,14). The first-order valence-electron chi connectivity index (χ1n) is 5.93. The number of hydrogen-bond donors (Lipinski definition) is 1. The first kappa shape index (κ1) is 16.7. The van der Waals surface area contributed by atoms with Gasteiger partial charge in [0.25, 0.3) is 0 Å². The maximum absolute atomic E-state index is 11.4. The predicted octanol–water partition coefficient (Wildman–Crippen LogP) is 1.69. The van der Waals surface area contributed by atoms with Crippen LogP contribution in [0.2, 0.25) is 0 Å². The van der Waals surface area contributed by atoms with E-state index in [0.29, 0.717) is 32.1 Å². The highest BCUT2D eigenvalue weighted by Gasteiger charge is 2.12. The molecular weight excluding hydrogens is 238 g/mol. The van der Waals surface area contributed by atoms with Gasteiger partial charge in [-0.3, -0.25) is 4.79 Å². The van der Waals surface area contributed by atoms with Crippen molar-refractivity contribution in [1.29, 1.82) is 0 Å². The molecule has 102 valence electrons. The third-order valence-corrected chi connectivity index (χ3v) is 3.13. The number of rotatable bonds is 9. The van der Waals surface area contributed by atoms with E-state index in [1.807, 2.05) is 0 Å². The fraction of sp³-hybridized carbons (Fsp3) is 0.917. The Hall–Kier alpha value is -0.260. The van der Waals surface area contributed by atoms with Gasteiger partial charge in [0.2, 0.25) is 5.91 Å². The van der Waals surface area contributed by atoms with Crippen molar-refractivity contribution in [2.75, 3.05) is 39.2 Å². The van der Waals surface area contributed by atoms with E-state index in [9.17, 15) is 4.79 Å². The van der Waals surface area contributed by atoms with E-state index < -0.39 is 0 Å². The van der Waals surface area contributed by atoms with Crippen LogP contribution in [0.4, 0.5) is 0 Å². The maximum atomic E-state index is 11.4. The normalized spacial score (nSPS) is 11.5. The number of methoxy groups -OCH3 is 1. The number of nitrogens with one attached hydrogen (secondary N) is 1. The van der Waals surface area contributed by atoms with Gasteiger partial charge < -0.3 is 14.8 Å². The largest absolute Gasteiger partial charge is 0.382 e. The zero-order valence-corrected chi connectivity index (χ0v) is 12.2. The molecule has 0 saturated heterocycles. The van der Waals surface area contributed by atoms with Crippen LogP contribution in [-0.4, -0.2) is 49.9 Å². The molecular formula is C12H25NO3S. The van der Waals surface area contributed by atoms with Crippen LogP contribution in [0.1, 0.15) is 27.2 Å². The third kappa shape index (κ3) is 13.7. The van der Waals surface area contributed by atoms with E-state index in [0.717, 1.165) is 6.42 Å². The molecule has 0 saturated carbocycles. The average molecular weight is 263 g/mol. The molecule has 0 rings (SSSR count). The Morgan fingerprint density at radius 3 is 2.53 bits per heavy atom. The molecule has 0 unspecified atom stereocenters. The Labute approximate surface area is 109 Å². The van der Waals surface area contributed by atoms with Gasteiger partial charge in [-0.15, -0.1) is 11.8 Å². The Kier molecular flexibility index (Phi) is 9.59. The Morgan fingerprint density at radius 2 is 1.94 bits per heavy atom. The summed E-state index contributed by atoms with van der Waals surface area (Å²) < 4.78 is 10.3. The number of hydrogen-bond acceptors (Lipinski definition) is 4. The Morgan fingerprint density at radius 1 is 1.24 bits per heavy atom. The lowest BCUT2D eigenvalue weighted by atomic mass is 10.3. The highest BCUT2D eigenvalue weighted by Crippen LogP contribution is 2.22. The molecule has 0 fully saturated rings. The van der Waals surface area contributed by atoms with Crippen LogP contribution < -0.4 is 5.32 Å². The second-order valence-electron chi connectivity index (χ2n) is 4.71. The van der Waals surface area contributed by atoms with Crippen molar-refractivity contribution < 1.29 is 14.3 Å². The molecule has 0 aromatic heterocycles. The molecule has 0 aromatic rings. The van der Waals surface area contributed by atoms with Gasteiger partial charge in [-0.25, -0.2) is 0 Å².